The Morgan fingerprint density at radius 1 is 1.40 bits per heavy atom. The quantitative estimate of drug-likeness (QED) is 0.771. The molecule has 102 valence electrons. The van der Waals surface area contributed by atoms with Crippen LogP contribution in [0.1, 0.15) is 18.5 Å². The molecule has 0 aliphatic heterocycles. The Morgan fingerprint density at radius 3 is 3.05 bits per heavy atom. The average molecular weight is 334 g/mol. The summed E-state index contributed by atoms with van der Waals surface area (Å²) in [4.78, 5) is 15.6. The van der Waals surface area contributed by atoms with Crippen LogP contribution in [0.5, 0.6) is 0 Å². The maximum Gasteiger partial charge on any atom is 0.348 e. The second-order valence-corrected chi connectivity index (χ2v) is 5.37. The molecule has 20 heavy (non-hydrogen) atoms. The zero-order chi connectivity index (χ0) is 14.1. The molecular formula is C13H12BrN5O. The van der Waals surface area contributed by atoms with Gasteiger partial charge in [0.25, 0.3) is 0 Å². The van der Waals surface area contributed by atoms with Crippen molar-refractivity contribution in [1.82, 2.24) is 19.6 Å². The van der Waals surface area contributed by atoms with Gasteiger partial charge in [-0.1, -0.05) is 28.1 Å². The Bertz CT molecular complexity index is 810. The predicted molar refractivity (Wildman–Crippen MR) is 79.8 cm³/mol. The molecule has 0 spiro atoms. The van der Waals surface area contributed by atoms with Gasteiger partial charge in [-0.05, 0) is 24.6 Å². The van der Waals surface area contributed by atoms with E-state index in [1.807, 2.05) is 25.1 Å². The number of aromatic nitrogens is 4. The van der Waals surface area contributed by atoms with E-state index in [1.165, 1.54) is 10.7 Å². The Kier molecular flexibility index (Phi) is 3.27. The number of nitrogens with zero attached hydrogens (tertiary/aromatic N) is 3. The molecule has 6 nitrogen and oxygen atoms in total. The summed E-state index contributed by atoms with van der Waals surface area (Å²) in [5.41, 5.74) is 1.38. The number of nitrogens with one attached hydrogen (secondary N) is 2. The molecule has 3 rings (SSSR count). The van der Waals surface area contributed by atoms with Gasteiger partial charge in [0, 0.05) is 16.6 Å². The third-order valence-electron chi connectivity index (χ3n) is 3.02. The van der Waals surface area contributed by atoms with Gasteiger partial charge in [0.2, 0.25) is 0 Å². The highest BCUT2D eigenvalue weighted by Crippen LogP contribution is 2.21. The molecule has 1 atom stereocenters. The molecule has 2 aromatic heterocycles. The summed E-state index contributed by atoms with van der Waals surface area (Å²) in [5.74, 6) is 0.670. The molecular weight excluding hydrogens is 322 g/mol. The van der Waals surface area contributed by atoms with Crippen LogP contribution in [0, 0.1) is 0 Å². The second kappa shape index (κ2) is 5.09. The summed E-state index contributed by atoms with van der Waals surface area (Å²) >= 11 is 3.46. The van der Waals surface area contributed by atoms with Crippen LogP contribution in [-0.4, -0.2) is 19.6 Å². The lowest BCUT2D eigenvalue weighted by Gasteiger charge is -2.15. The maximum atomic E-state index is 11.4. The fourth-order valence-electron chi connectivity index (χ4n) is 1.97. The van der Waals surface area contributed by atoms with Crippen LogP contribution in [0.2, 0.25) is 0 Å². The molecule has 2 heterocycles. The van der Waals surface area contributed by atoms with Crippen molar-refractivity contribution in [2.45, 2.75) is 13.0 Å². The normalized spacial score (nSPS) is 12.5. The molecule has 0 amide bonds. The average Bonchev–Trinajstić information content (AvgIpc) is 2.80. The van der Waals surface area contributed by atoms with Gasteiger partial charge in [0.15, 0.2) is 5.65 Å². The summed E-state index contributed by atoms with van der Waals surface area (Å²) in [6, 6.07) is 9.88. The van der Waals surface area contributed by atoms with E-state index in [2.05, 4.69) is 42.5 Å². The van der Waals surface area contributed by atoms with Crippen LogP contribution < -0.4 is 11.0 Å². The Balaban J connectivity index is 1.87. The van der Waals surface area contributed by atoms with Gasteiger partial charge in [-0.15, -0.1) is 0 Å². The molecule has 0 fully saturated rings. The summed E-state index contributed by atoms with van der Waals surface area (Å²) in [6.07, 6.45) is 1.46. The molecule has 0 bridgehead atoms. The van der Waals surface area contributed by atoms with Crippen molar-refractivity contribution >= 4 is 27.4 Å². The standard InChI is InChI=1S/C13H12BrN5O/c1-8(9-3-2-4-10(14)5-9)16-11-6-12-17-18-13(20)19(12)7-15-11/h2-8,16H,1H3,(H,18,20). The number of hydrogen-bond acceptors (Lipinski definition) is 4. The second-order valence-electron chi connectivity index (χ2n) is 4.45. The predicted octanol–water partition coefficient (Wildman–Crippen LogP) is 2.35. The van der Waals surface area contributed by atoms with Crippen LogP contribution in [0.3, 0.4) is 0 Å². The largest absolute Gasteiger partial charge is 0.363 e. The Labute approximate surface area is 123 Å². The number of hydrogen-bond donors (Lipinski definition) is 2. The van der Waals surface area contributed by atoms with Gasteiger partial charge in [-0.25, -0.2) is 19.3 Å². The topological polar surface area (TPSA) is 75.1 Å². The number of aromatic amines is 1. The lowest BCUT2D eigenvalue weighted by molar-refractivity contribution is 0.868. The number of rotatable bonds is 3. The number of fused-ring (bicyclic) bond motifs is 1. The zero-order valence-electron chi connectivity index (χ0n) is 10.7. The highest BCUT2D eigenvalue weighted by atomic mass is 79.9. The molecule has 0 aliphatic rings. The highest BCUT2D eigenvalue weighted by Gasteiger charge is 2.08. The van der Waals surface area contributed by atoms with Gasteiger partial charge in [0.1, 0.15) is 12.1 Å². The fraction of sp³-hybridized carbons (Fsp3) is 0.154. The van der Waals surface area contributed by atoms with Crippen molar-refractivity contribution < 1.29 is 0 Å². The molecule has 1 unspecified atom stereocenters. The van der Waals surface area contributed by atoms with Crippen molar-refractivity contribution in [2.24, 2.45) is 0 Å². The summed E-state index contributed by atoms with van der Waals surface area (Å²) in [6.45, 7) is 2.05. The minimum atomic E-state index is -0.293. The van der Waals surface area contributed by atoms with Gasteiger partial charge in [0.05, 0.1) is 0 Å². The van der Waals surface area contributed by atoms with Crippen molar-refractivity contribution in [2.75, 3.05) is 5.32 Å². The molecule has 0 saturated heterocycles. The monoisotopic (exact) mass is 333 g/mol. The van der Waals surface area contributed by atoms with E-state index in [1.54, 1.807) is 6.07 Å². The minimum absolute atomic E-state index is 0.0908. The van der Waals surface area contributed by atoms with Crippen molar-refractivity contribution in [3.05, 3.63) is 57.2 Å². The zero-order valence-corrected chi connectivity index (χ0v) is 12.3. The van der Waals surface area contributed by atoms with Gasteiger partial charge >= 0.3 is 5.69 Å². The molecule has 1 aromatic carbocycles. The van der Waals surface area contributed by atoms with Crippen LogP contribution >= 0.6 is 15.9 Å². The number of anilines is 1. The van der Waals surface area contributed by atoms with E-state index < -0.39 is 0 Å². The van der Waals surface area contributed by atoms with Crippen molar-refractivity contribution in [3.63, 3.8) is 0 Å². The summed E-state index contributed by atoms with van der Waals surface area (Å²) in [5, 5.41) is 9.58. The number of H-pyrrole nitrogens is 1. The van der Waals surface area contributed by atoms with Gasteiger partial charge in [-0.3, -0.25) is 0 Å². The van der Waals surface area contributed by atoms with Crippen LogP contribution in [0.15, 0.2) is 45.9 Å². The first-order valence-corrected chi connectivity index (χ1v) is 6.87. The van der Waals surface area contributed by atoms with Gasteiger partial charge < -0.3 is 5.32 Å². The van der Waals surface area contributed by atoms with Crippen LogP contribution in [-0.2, 0) is 0 Å². The molecule has 0 saturated carbocycles. The van der Waals surface area contributed by atoms with Crippen molar-refractivity contribution in [1.29, 1.82) is 0 Å². The fourth-order valence-corrected chi connectivity index (χ4v) is 2.39. The lowest BCUT2D eigenvalue weighted by Crippen LogP contribution is -2.11. The summed E-state index contributed by atoms with van der Waals surface area (Å²) in [7, 11) is 0. The molecule has 2 N–H and O–H groups in total. The summed E-state index contributed by atoms with van der Waals surface area (Å²) < 4.78 is 2.39. The molecule has 3 aromatic rings. The van der Waals surface area contributed by atoms with E-state index in [-0.39, 0.29) is 11.7 Å². The minimum Gasteiger partial charge on any atom is -0.363 e. The third kappa shape index (κ3) is 2.44. The van der Waals surface area contributed by atoms with E-state index in [9.17, 15) is 4.79 Å². The SMILES string of the molecule is CC(Nc1cc2n[nH]c(=O)n2cn1)c1cccc(Br)c1. The molecule has 7 heteroatoms. The maximum absolute atomic E-state index is 11.4. The first-order valence-electron chi connectivity index (χ1n) is 6.08. The smallest absolute Gasteiger partial charge is 0.348 e. The Morgan fingerprint density at radius 2 is 2.25 bits per heavy atom. The van der Waals surface area contributed by atoms with Crippen LogP contribution in [0.25, 0.3) is 5.65 Å². The van der Waals surface area contributed by atoms with Gasteiger partial charge in [-0.2, -0.15) is 5.10 Å². The van der Waals surface area contributed by atoms with E-state index >= 15 is 0 Å². The van der Waals surface area contributed by atoms with Crippen molar-refractivity contribution in [3.8, 4) is 0 Å². The first kappa shape index (κ1) is 12.9. The molecule has 0 radical (unpaired) electrons. The first-order chi connectivity index (χ1) is 9.63. The Hall–Kier alpha value is -2.15. The van der Waals surface area contributed by atoms with E-state index in [4.69, 9.17) is 0 Å². The van der Waals surface area contributed by atoms with E-state index in [0.717, 1.165) is 10.0 Å². The third-order valence-corrected chi connectivity index (χ3v) is 3.52. The number of benzene rings is 1. The highest BCUT2D eigenvalue weighted by molar-refractivity contribution is 9.10. The lowest BCUT2D eigenvalue weighted by atomic mass is 10.1. The molecule has 0 aliphatic carbocycles. The number of halogens is 1. The van der Waals surface area contributed by atoms with Crippen LogP contribution in [0.4, 0.5) is 5.82 Å². The van der Waals surface area contributed by atoms with E-state index in [0.29, 0.717) is 11.5 Å².